The highest BCUT2D eigenvalue weighted by atomic mass is 35.5. The lowest BCUT2D eigenvalue weighted by Gasteiger charge is -2.28. The molecule has 616 valence electrons. The first kappa shape index (κ1) is 82.6. The van der Waals surface area contributed by atoms with Crippen LogP contribution in [-0.2, 0) is 0 Å². The van der Waals surface area contributed by atoms with Crippen molar-refractivity contribution >= 4 is 102 Å². The number of halogens is 8. The predicted octanol–water partition coefficient (Wildman–Crippen LogP) is 23.2. The molecule has 1 aliphatic heterocycles. The maximum atomic E-state index is 14.7. The Labute approximate surface area is 743 Å². The molecule has 16 aromatic heterocycles. The van der Waals surface area contributed by atoms with Crippen LogP contribution >= 0.6 is 46.4 Å². The molecule has 0 saturated carbocycles. The molecule has 20 nitrogen and oxygen atoms in total. The van der Waals surface area contributed by atoms with Crippen LogP contribution in [-0.4, -0.2) is 111 Å². The van der Waals surface area contributed by atoms with Gasteiger partial charge >= 0.3 is 0 Å². The van der Waals surface area contributed by atoms with Crippen LogP contribution in [0.1, 0.15) is 0 Å². The largest absolute Gasteiger partial charge is 0.368 e. The van der Waals surface area contributed by atoms with E-state index in [9.17, 15) is 17.6 Å². The highest BCUT2D eigenvalue weighted by Gasteiger charge is 2.22. The van der Waals surface area contributed by atoms with Crippen molar-refractivity contribution in [3.05, 3.63) is 367 Å². The van der Waals surface area contributed by atoms with E-state index < -0.39 is 23.3 Å². The SMILES string of the molecule is Fc1ccc(Cl)cc1-c1cc(-c2cncc(-c3ccccn3)c2)c2cccnc2n1.Fc1ccc(Cl)cc1-c1cc(-c2cncc(-c3cccnc3)c2)c2cccnc2n1.Fc1ccc(Cl)cc1-c1cc(-c2cncc(-c3ccnc(N4CCNCC4)c3)c2)c2cccnc2n1.Nc1nccc(-c2cncc(-c3cc(-c4cc(Cl)ccc4F)nc4ncccc34)c2)n1. The van der Waals surface area contributed by atoms with Gasteiger partial charge in [-0.05, 0) is 234 Å². The number of hydrogen-bond acceptors (Lipinski definition) is 20. The number of benzene rings is 4. The standard InChI is InChI=1S/C28H22ClFN6.2C24H14ClFN4.C23H14ClFN6/c29-21-3-4-25(30)24(14-21)26-15-23(22-2-1-6-34-28(22)35-26)20-12-19(16-32-17-20)18-5-7-33-27(13-18)36-10-8-31-9-11-36;25-18-5-6-22(26)21(10-18)23-11-20(19-4-2-8-29-24(19)30-23)17-9-16(13-28-14-17)15-3-1-7-27-12-15;25-17-6-7-21(26)20(11-17)23-12-19(18-4-3-9-29-24(18)30-23)15-10-16(14-27-13-15)22-5-1-2-8-28-22;24-15-3-4-19(25)18(9-15)21-10-17(16-2-1-6-28-22(16)30-21)13-8-14(12-27-11-13)20-5-7-29-23(26)31-20/h1-7,12-17,31H,8-11H2;2*1-14H;1-12H,(H2,26,29,31). The van der Waals surface area contributed by atoms with Gasteiger partial charge in [-0.3, -0.25) is 29.9 Å². The Balaban J connectivity index is 0.000000115. The van der Waals surface area contributed by atoms with Crippen molar-refractivity contribution in [3.63, 3.8) is 0 Å². The summed E-state index contributed by atoms with van der Waals surface area (Å²) in [6.45, 7) is 3.74. The molecular weight excluding hydrogens is 1690 g/mol. The minimum Gasteiger partial charge on any atom is -0.368 e. The molecule has 1 aliphatic rings. The average Bonchev–Trinajstić information content (AvgIpc) is 0.784. The van der Waals surface area contributed by atoms with Crippen molar-refractivity contribution in [2.24, 2.45) is 0 Å². The van der Waals surface area contributed by atoms with Gasteiger partial charge in [0.2, 0.25) is 5.95 Å². The summed E-state index contributed by atoms with van der Waals surface area (Å²) in [4.78, 5) is 77.3. The van der Waals surface area contributed by atoms with Crippen molar-refractivity contribution in [1.29, 1.82) is 0 Å². The lowest BCUT2D eigenvalue weighted by atomic mass is 9.98. The second kappa shape index (κ2) is 37.4. The highest BCUT2D eigenvalue weighted by Crippen LogP contribution is 2.41. The highest BCUT2D eigenvalue weighted by molar-refractivity contribution is 6.32. The molecule has 28 heteroatoms. The van der Waals surface area contributed by atoms with Gasteiger partial charge in [-0.25, -0.2) is 72.4 Å². The van der Waals surface area contributed by atoms with Crippen LogP contribution in [0.15, 0.2) is 324 Å². The molecule has 0 atom stereocenters. The number of nitrogens with two attached hydrogens (primary N) is 1. The zero-order chi connectivity index (χ0) is 86.9. The number of pyridine rings is 15. The molecule has 0 aliphatic carbocycles. The first-order valence-electron chi connectivity index (χ1n) is 39.6. The molecule has 4 aromatic carbocycles. The van der Waals surface area contributed by atoms with Crippen molar-refractivity contribution in [3.8, 4) is 134 Å². The van der Waals surface area contributed by atoms with Gasteiger partial charge in [0.25, 0.3) is 0 Å². The number of fused-ring (bicyclic) bond motifs is 4. The van der Waals surface area contributed by atoms with Gasteiger partial charge in [0.1, 0.15) is 29.1 Å². The Bertz CT molecular complexity index is 7300. The number of nitrogens with one attached hydrogen (secondary N) is 1. The molecule has 1 saturated heterocycles. The van der Waals surface area contributed by atoms with E-state index in [1.165, 1.54) is 48.5 Å². The normalized spacial score (nSPS) is 11.8. The van der Waals surface area contributed by atoms with Gasteiger partial charge in [0, 0.05) is 245 Å². The number of nitrogens with zero attached hydrogens (tertiary/aromatic N) is 18. The van der Waals surface area contributed by atoms with Crippen LogP contribution in [0.5, 0.6) is 0 Å². The zero-order valence-corrected chi connectivity index (χ0v) is 69.6. The van der Waals surface area contributed by atoms with Crippen LogP contribution in [0.2, 0.25) is 20.1 Å². The van der Waals surface area contributed by atoms with E-state index in [0.717, 1.165) is 137 Å². The van der Waals surface area contributed by atoms with Gasteiger partial charge in [-0.1, -0.05) is 58.5 Å². The van der Waals surface area contributed by atoms with E-state index in [1.54, 1.807) is 117 Å². The number of anilines is 2. The molecular formula is C99H64Cl4F4N20. The van der Waals surface area contributed by atoms with Crippen molar-refractivity contribution < 1.29 is 17.6 Å². The minimum atomic E-state index is -0.415. The molecule has 127 heavy (non-hydrogen) atoms. The van der Waals surface area contributed by atoms with Crippen LogP contribution < -0.4 is 16.0 Å². The van der Waals surface area contributed by atoms with Crippen molar-refractivity contribution in [2.75, 3.05) is 36.8 Å². The molecule has 0 bridgehead atoms. The molecule has 0 spiro atoms. The average molecular weight is 1750 g/mol. The third kappa shape index (κ3) is 18.7. The topological polar surface area (TPSA) is 260 Å². The van der Waals surface area contributed by atoms with E-state index in [4.69, 9.17) is 52.1 Å². The molecule has 0 radical (unpaired) electrons. The first-order chi connectivity index (χ1) is 62.1. The van der Waals surface area contributed by atoms with Crippen LogP contribution in [0.25, 0.3) is 178 Å². The number of rotatable bonds is 13. The van der Waals surface area contributed by atoms with Crippen molar-refractivity contribution in [1.82, 2.24) is 90.0 Å². The number of aromatic nitrogens is 17. The Hall–Kier alpha value is -15.3. The van der Waals surface area contributed by atoms with Crippen LogP contribution in [0, 0.1) is 23.3 Å². The molecule has 0 unspecified atom stereocenters. The summed E-state index contributed by atoms with van der Waals surface area (Å²) in [6, 6.07) is 63.7. The van der Waals surface area contributed by atoms with Gasteiger partial charge in [-0.15, -0.1) is 0 Å². The number of nitrogen functional groups attached to an aromatic ring is 1. The molecule has 21 rings (SSSR count). The fraction of sp³-hybridized carbons (Fsp3) is 0.0404. The smallest absolute Gasteiger partial charge is 0.220 e. The van der Waals surface area contributed by atoms with Gasteiger partial charge in [-0.2, -0.15) is 0 Å². The number of hydrogen-bond donors (Lipinski definition) is 2. The summed E-state index contributed by atoms with van der Waals surface area (Å²) in [6.07, 6.45) is 29.6. The van der Waals surface area contributed by atoms with Crippen LogP contribution in [0.3, 0.4) is 0 Å². The van der Waals surface area contributed by atoms with E-state index in [-0.39, 0.29) is 5.95 Å². The summed E-state index contributed by atoms with van der Waals surface area (Å²) in [7, 11) is 0. The van der Waals surface area contributed by atoms with Gasteiger partial charge in [0.05, 0.1) is 34.2 Å². The molecule has 0 amide bonds. The summed E-state index contributed by atoms with van der Waals surface area (Å²) >= 11 is 24.5. The Morgan fingerprint density at radius 2 is 0.622 bits per heavy atom. The second-order valence-electron chi connectivity index (χ2n) is 29.0. The second-order valence-corrected chi connectivity index (χ2v) is 30.7. The molecule has 1 fully saturated rings. The predicted molar refractivity (Wildman–Crippen MR) is 493 cm³/mol. The first-order valence-corrected chi connectivity index (χ1v) is 41.1. The molecule has 17 heterocycles. The fourth-order valence-corrected chi connectivity index (χ4v) is 15.4. The fourth-order valence-electron chi connectivity index (χ4n) is 14.7. The Morgan fingerprint density at radius 1 is 0.260 bits per heavy atom. The summed E-state index contributed by atoms with van der Waals surface area (Å²) in [5.41, 5.74) is 24.7. The lowest BCUT2D eigenvalue weighted by molar-refractivity contribution is 0.585. The van der Waals surface area contributed by atoms with E-state index in [1.807, 2.05) is 146 Å². The quantitative estimate of drug-likeness (QED) is 0.102. The Kier molecular flexibility index (Phi) is 24.3. The number of piperazine rings is 1. The van der Waals surface area contributed by atoms with Gasteiger partial charge < -0.3 is 16.0 Å². The maximum absolute atomic E-state index is 14.7. The molecule has 20 aromatic rings. The molecule has 3 N–H and O–H groups in total. The Morgan fingerprint density at radius 3 is 1.02 bits per heavy atom. The maximum Gasteiger partial charge on any atom is 0.220 e. The summed E-state index contributed by atoms with van der Waals surface area (Å²) in [5, 5.41) is 8.50. The third-order valence-electron chi connectivity index (χ3n) is 20.8. The summed E-state index contributed by atoms with van der Waals surface area (Å²) in [5.74, 6) is -0.459. The van der Waals surface area contributed by atoms with Crippen molar-refractivity contribution in [2.45, 2.75) is 0 Å². The monoisotopic (exact) mass is 1750 g/mol. The van der Waals surface area contributed by atoms with E-state index in [0.29, 0.717) is 93.4 Å². The van der Waals surface area contributed by atoms with E-state index >= 15 is 0 Å². The summed E-state index contributed by atoms with van der Waals surface area (Å²) < 4.78 is 58.3. The zero-order valence-electron chi connectivity index (χ0n) is 66.6. The minimum absolute atomic E-state index is 0.181. The van der Waals surface area contributed by atoms with E-state index in [2.05, 4.69) is 107 Å². The van der Waals surface area contributed by atoms with Gasteiger partial charge in [0.15, 0.2) is 22.6 Å². The lowest BCUT2D eigenvalue weighted by Crippen LogP contribution is -2.43. The third-order valence-corrected chi connectivity index (χ3v) is 21.7. The van der Waals surface area contributed by atoms with Crippen LogP contribution in [0.4, 0.5) is 29.3 Å².